The first-order valence-electron chi connectivity index (χ1n) is 11.5. The van der Waals surface area contributed by atoms with Crippen molar-refractivity contribution in [2.24, 2.45) is 0 Å². The molecule has 0 fully saturated rings. The monoisotopic (exact) mass is 450 g/mol. The third kappa shape index (κ3) is 6.75. The van der Waals surface area contributed by atoms with Crippen molar-refractivity contribution in [3.63, 3.8) is 0 Å². The fourth-order valence-corrected chi connectivity index (χ4v) is 4.08. The minimum Gasteiger partial charge on any atom is -0.481 e. The number of unbranched alkanes of at least 4 members (excludes halogenated alkanes) is 5. The molecular formula is C26H30N2O5. The van der Waals surface area contributed by atoms with Gasteiger partial charge in [0.2, 0.25) is 5.91 Å². The average molecular weight is 451 g/mol. The quantitative estimate of drug-likeness (QED) is 0.349. The largest absolute Gasteiger partial charge is 0.481 e. The summed E-state index contributed by atoms with van der Waals surface area (Å²) in [4.78, 5) is 49.4. The van der Waals surface area contributed by atoms with E-state index in [4.69, 9.17) is 5.11 Å². The number of fused-ring (bicyclic) bond motifs is 1. The van der Waals surface area contributed by atoms with Crippen molar-refractivity contribution in [3.8, 4) is 0 Å². The third-order valence-corrected chi connectivity index (χ3v) is 5.83. The lowest BCUT2D eigenvalue weighted by Gasteiger charge is -2.17. The summed E-state index contributed by atoms with van der Waals surface area (Å²) in [6, 6.07) is 15.5. The summed E-state index contributed by atoms with van der Waals surface area (Å²) in [5.74, 6) is -1.52. The van der Waals surface area contributed by atoms with Crippen LogP contribution in [0.5, 0.6) is 0 Å². The number of carboxylic acids is 1. The number of carboxylic acid groups (broad SMARTS) is 1. The molecule has 0 unspecified atom stereocenters. The van der Waals surface area contributed by atoms with E-state index in [1.165, 1.54) is 4.90 Å². The van der Waals surface area contributed by atoms with Crippen LogP contribution in [0.3, 0.4) is 0 Å². The van der Waals surface area contributed by atoms with Gasteiger partial charge in [-0.2, -0.15) is 0 Å². The van der Waals surface area contributed by atoms with E-state index < -0.39 is 12.0 Å². The predicted molar refractivity (Wildman–Crippen MR) is 124 cm³/mol. The van der Waals surface area contributed by atoms with E-state index >= 15 is 0 Å². The average Bonchev–Trinajstić information content (AvgIpc) is 3.05. The van der Waals surface area contributed by atoms with Crippen molar-refractivity contribution in [2.75, 3.05) is 6.54 Å². The number of benzene rings is 2. The van der Waals surface area contributed by atoms with Crippen molar-refractivity contribution in [3.05, 3.63) is 71.3 Å². The molecule has 0 saturated heterocycles. The number of amides is 3. The van der Waals surface area contributed by atoms with E-state index in [-0.39, 0.29) is 24.1 Å². The Labute approximate surface area is 193 Å². The van der Waals surface area contributed by atoms with Gasteiger partial charge in [-0.1, -0.05) is 68.1 Å². The van der Waals surface area contributed by atoms with Gasteiger partial charge in [-0.3, -0.25) is 24.1 Å². The molecule has 1 atom stereocenters. The van der Waals surface area contributed by atoms with Crippen LogP contribution in [0.2, 0.25) is 0 Å². The number of aliphatic carboxylic acids is 1. The smallest absolute Gasteiger partial charge is 0.305 e. The number of nitrogens with zero attached hydrogens (tertiary/aromatic N) is 1. The second kappa shape index (κ2) is 11.9. The Morgan fingerprint density at radius 3 is 1.94 bits per heavy atom. The third-order valence-electron chi connectivity index (χ3n) is 5.83. The zero-order valence-electron chi connectivity index (χ0n) is 18.7. The van der Waals surface area contributed by atoms with Crippen LogP contribution in [0.15, 0.2) is 54.6 Å². The molecule has 0 saturated carbocycles. The first-order valence-corrected chi connectivity index (χ1v) is 11.5. The lowest BCUT2D eigenvalue weighted by Crippen LogP contribution is -2.30. The van der Waals surface area contributed by atoms with Gasteiger partial charge in [-0.05, 0) is 30.5 Å². The second-order valence-electron chi connectivity index (χ2n) is 8.31. The summed E-state index contributed by atoms with van der Waals surface area (Å²) in [6.07, 6.45) is 5.45. The van der Waals surface area contributed by atoms with Gasteiger partial charge in [0.1, 0.15) is 0 Å². The number of nitrogens with one attached hydrogen (secondary N) is 1. The maximum absolute atomic E-state index is 12.3. The Hall–Kier alpha value is -3.48. The van der Waals surface area contributed by atoms with Crippen LogP contribution in [0.1, 0.15) is 83.7 Å². The van der Waals surface area contributed by atoms with Crippen molar-refractivity contribution in [2.45, 2.75) is 57.4 Å². The van der Waals surface area contributed by atoms with Gasteiger partial charge in [-0.25, -0.2) is 0 Å². The lowest BCUT2D eigenvalue weighted by molar-refractivity contribution is -0.137. The topological polar surface area (TPSA) is 104 Å². The van der Waals surface area contributed by atoms with E-state index in [0.29, 0.717) is 24.1 Å². The summed E-state index contributed by atoms with van der Waals surface area (Å²) in [5.41, 5.74) is 1.75. The molecule has 0 radical (unpaired) electrons. The molecule has 1 aliphatic heterocycles. The van der Waals surface area contributed by atoms with Crippen LogP contribution in [-0.2, 0) is 9.59 Å². The fraction of sp³-hybridized carbons (Fsp3) is 0.385. The van der Waals surface area contributed by atoms with Gasteiger partial charge < -0.3 is 10.4 Å². The second-order valence-corrected chi connectivity index (χ2v) is 8.31. The molecule has 2 aromatic rings. The van der Waals surface area contributed by atoms with Crippen molar-refractivity contribution in [1.82, 2.24) is 10.2 Å². The predicted octanol–water partition coefficient (Wildman–Crippen LogP) is 4.35. The summed E-state index contributed by atoms with van der Waals surface area (Å²) < 4.78 is 0. The Morgan fingerprint density at radius 2 is 1.33 bits per heavy atom. The van der Waals surface area contributed by atoms with Crippen molar-refractivity contribution < 1.29 is 24.3 Å². The molecule has 33 heavy (non-hydrogen) atoms. The van der Waals surface area contributed by atoms with Crippen LogP contribution in [-0.4, -0.2) is 40.2 Å². The number of rotatable bonds is 13. The van der Waals surface area contributed by atoms with Gasteiger partial charge in [0.25, 0.3) is 11.8 Å². The van der Waals surface area contributed by atoms with Crippen LogP contribution < -0.4 is 5.32 Å². The van der Waals surface area contributed by atoms with Crippen molar-refractivity contribution >= 4 is 23.7 Å². The zero-order valence-corrected chi connectivity index (χ0v) is 18.7. The summed E-state index contributed by atoms with van der Waals surface area (Å²) >= 11 is 0. The highest BCUT2D eigenvalue weighted by atomic mass is 16.4. The normalized spacial score (nSPS) is 13.6. The number of carbonyl (C=O) groups is 4. The van der Waals surface area contributed by atoms with Gasteiger partial charge in [0, 0.05) is 13.0 Å². The molecule has 174 valence electrons. The Kier molecular flexibility index (Phi) is 8.75. The number of carbonyl (C=O) groups excluding carboxylic acids is 3. The number of imide groups is 1. The minimum absolute atomic E-state index is 0.143. The Morgan fingerprint density at radius 1 is 0.788 bits per heavy atom. The highest BCUT2D eigenvalue weighted by Crippen LogP contribution is 2.23. The SMILES string of the molecule is O=C(O)C[C@@H](NC(=O)CCCCCCCCN1C(=O)c2ccccc2C1=O)c1ccccc1. The summed E-state index contributed by atoms with van der Waals surface area (Å²) in [5, 5.41) is 12.0. The molecule has 0 bridgehead atoms. The van der Waals surface area contributed by atoms with E-state index in [9.17, 15) is 19.2 Å². The van der Waals surface area contributed by atoms with Crippen LogP contribution >= 0.6 is 0 Å². The van der Waals surface area contributed by atoms with Gasteiger partial charge in [0.05, 0.1) is 23.6 Å². The van der Waals surface area contributed by atoms with E-state index in [1.54, 1.807) is 24.3 Å². The van der Waals surface area contributed by atoms with Gasteiger partial charge >= 0.3 is 5.97 Å². The van der Waals surface area contributed by atoms with E-state index in [1.807, 2.05) is 30.3 Å². The molecule has 1 aliphatic rings. The van der Waals surface area contributed by atoms with Crippen molar-refractivity contribution in [1.29, 1.82) is 0 Å². The highest BCUT2D eigenvalue weighted by molar-refractivity contribution is 6.21. The lowest BCUT2D eigenvalue weighted by atomic mass is 10.0. The molecule has 2 N–H and O–H groups in total. The van der Waals surface area contributed by atoms with Crippen LogP contribution in [0.4, 0.5) is 0 Å². The summed E-state index contributed by atoms with van der Waals surface area (Å²) in [7, 11) is 0. The maximum atomic E-state index is 12.3. The molecule has 2 aromatic carbocycles. The first-order chi connectivity index (χ1) is 16.0. The first kappa shape index (κ1) is 24.2. The van der Waals surface area contributed by atoms with E-state index in [2.05, 4.69) is 5.32 Å². The standard InChI is InChI=1S/C26H30N2O5/c29-23(27-22(18-24(30)31)19-12-6-5-7-13-19)16-8-3-1-2-4-11-17-28-25(32)20-14-9-10-15-21(20)26(28)33/h5-7,9-10,12-15,22H,1-4,8,11,16-18H2,(H,27,29)(H,30,31)/t22-/m1/s1. The molecule has 7 nitrogen and oxygen atoms in total. The van der Waals surface area contributed by atoms with E-state index in [0.717, 1.165) is 44.1 Å². The number of hydrogen-bond acceptors (Lipinski definition) is 4. The molecular weight excluding hydrogens is 420 g/mol. The molecule has 1 heterocycles. The number of hydrogen-bond donors (Lipinski definition) is 2. The van der Waals surface area contributed by atoms with Gasteiger partial charge in [-0.15, -0.1) is 0 Å². The van der Waals surface area contributed by atoms with Gasteiger partial charge in [0.15, 0.2) is 0 Å². The Bertz CT molecular complexity index is 954. The highest BCUT2D eigenvalue weighted by Gasteiger charge is 2.34. The Balaban J connectivity index is 1.29. The maximum Gasteiger partial charge on any atom is 0.305 e. The molecule has 3 rings (SSSR count). The van der Waals surface area contributed by atoms with Crippen LogP contribution in [0.25, 0.3) is 0 Å². The molecule has 0 spiro atoms. The van der Waals surface area contributed by atoms with Crippen LogP contribution in [0, 0.1) is 0 Å². The minimum atomic E-state index is -0.953. The zero-order chi connectivity index (χ0) is 23.6. The molecule has 7 heteroatoms. The molecule has 0 aromatic heterocycles. The molecule has 3 amide bonds. The fourth-order valence-electron chi connectivity index (χ4n) is 4.08. The summed E-state index contributed by atoms with van der Waals surface area (Å²) in [6.45, 7) is 0.430. The molecule has 0 aliphatic carbocycles.